The molecule has 0 aliphatic carbocycles. The molecule has 18 heavy (non-hydrogen) atoms. The fourth-order valence-corrected chi connectivity index (χ4v) is 2.05. The van der Waals surface area contributed by atoms with Gasteiger partial charge >= 0.3 is 0 Å². The number of hydrogen-bond donors (Lipinski definition) is 1. The second-order valence-electron chi connectivity index (χ2n) is 4.79. The molecule has 3 nitrogen and oxygen atoms in total. The van der Waals surface area contributed by atoms with Crippen LogP contribution in [0.3, 0.4) is 0 Å². The van der Waals surface area contributed by atoms with Crippen LogP contribution in [0.1, 0.15) is 25.1 Å². The fourth-order valence-electron chi connectivity index (χ4n) is 2.05. The van der Waals surface area contributed by atoms with Crippen molar-refractivity contribution in [2.24, 2.45) is 5.73 Å². The average molecular weight is 244 g/mol. The minimum atomic E-state index is 0.185. The molecule has 3 heteroatoms. The summed E-state index contributed by atoms with van der Waals surface area (Å²) in [5.41, 5.74) is 8.90. The highest BCUT2D eigenvalue weighted by atomic mass is 16.5. The number of pyridine rings is 1. The molecule has 0 aliphatic rings. The highest BCUT2D eigenvalue weighted by molar-refractivity contribution is 5.81. The van der Waals surface area contributed by atoms with Crippen molar-refractivity contribution >= 4 is 10.9 Å². The Kier molecular flexibility index (Phi) is 3.82. The maximum absolute atomic E-state index is 5.70. The number of nitrogens with two attached hydrogens (primary N) is 1. The van der Waals surface area contributed by atoms with Gasteiger partial charge in [-0.2, -0.15) is 0 Å². The van der Waals surface area contributed by atoms with Crippen LogP contribution in [-0.2, 0) is 6.42 Å². The van der Waals surface area contributed by atoms with Crippen LogP contribution in [0.4, 0.5) is 0 Å². The van der Waals surface area contributed by atoms with E-state index in [1.54, 1.807) is 0 Å². The first-order valence-corrected chi connectivity index (χ1v) is 6.37. The van der Waals surface area contributed by atoms with E-state index in [9.17, 15) is 0 Å². The van der Waals surface area contributed by atoms with Gasteiger partial charge in [-0.1, -0.05) is 0 Å². The van der Waals surface area contributed by atoms with Gasteiger partial charge in [0.25, 0.3) is 0 Å². The molecule has 0 unspecified atom stereocenters. The van der Waals surface area contributed by atoms with Gasteiger partial charge in [-0.05, 0) is 63.6 Å². The van der Waals surface area contributed by atoms with E-state index in [2.05, 4.69) is 11.1 Å². The van der Waals surface area contributed by atoms with Crippen LogP contribution >= 0.6 is 0 Å². The molecule has 1 aromatic carbocycles. The van der Waals surface area contributed by atoms with Crippen LogP contribution in [0.5, 0.6) is 5.75 Å². The number of nitrogens with zero attached hydrogens (tertiary/aromatic N) is 1. The zero-order valence-corrected chi connectivity index (χ0v) is 11.2. The van der Waals surface area contributed by atoms with E-state index < -0.39 is 0 Å². The average Bonchev–Trinajstić information content (AvgIpc) is 2.30. The van der Waals surface area contributed by atoms with Gasteiger partial charge in [-0.3, -0.25) is 4.98 Å². The Hall–Kier alpha value is -1.61. The molecule has 0 atom stereocenters. The molecule has 0 aliphatic heterocycles. The first-order chi connectivity index (χ1) is 8.60. The van der Waals surface area contributed by atoms with E-state index in [0.29, 0.717) is 6.54 Å². The summed E-state index contributed by atoms with van der Waals surface area (Å²) in [5, 5.41) is 1.11. The van der Waals surface area contributed by atoms with Gasteiger partial charge in [-0.25, -0.2) is 0 Å². The van der Waals surface area contributed by atoms with Crippen LogP contribution in [0.2, 0.25) is 0 Å². The minimum absolute atomic E-state index is 0.185. The Morgan fingerprint density at radius 3 is 2.72 bits per heavy atom. The predicted molar refractivity (Wildman–Crippen MR) is 75.0 cm³/mol. The summed E-state index contributed by atoms with van der Waals surface area (Å²) >= 11 is 0. The second kappa shape index (κ2) is 5.36. The van der Waals surface area contributed by atoms with Crippen molar-refractivity contribution in [3.05, 3.63) is 35.5 Å². The van der Waals surface area contributed by atoms with Crippen LogP contribution in [0, 0.1) is 6.92 Å². The summed E-state index contributed by atoms with van der Waals surface area (Å²) in [4.78, 5) is 4.60. The van der Waals surface area contributed by atoms with Crippen molar-refractivity contribution in [1.29, 1.82) is 0 Å². The normalized spacial score (nSPS) is 11.2. The first kappa shape index (κ1) is 12.8. The largest absolute Gasteiger partial charge is 0.491 e. The molecular formula is C15H20N2O. The molecule has 2 rings (SSSR count). The fraction of sp³-hybridized carbons (Fsp3) is 0.400. The van der Waals surface area contributed by atoms with Gasteiger partial charge in [0, 0.05) is 11.1 Å². The lowest BCUT2D eigenvalue weighted by Gasteiger charge is -2.11. The highest BCUT2D eigenvalue weighted by Crippen LogP contribution is 2.22. The topological polar surface area (TPSA) is 48.1 Å². The van der Waals surface area contributed by atoms with E-state index in [-0.39, 0.29) is 6.10 Å². The summed E-state index contributed by atoms with van der Waals surface area (Å²) in [5.74, 6) is 0.891. The maximum atomic E-state index is 5.70. The highest BCUT2D eigenvalue weighted by Gasteiger charge is 2.05. The standard InChI is InChI=1S/C15H20N2O/c1-10(2)18-14-4-5-15-13(9-14)8-12(6-7-16)11(3)17-15/h4-5,8-10H,6-7,16H2,1-3H3. The smallest absolute Gasteiger partial charge is 0.120 e. The van der Waals surface area contributed by atoms with Gasteiger partial charge in [-0.15, -0.1) is 0 Å². The molecule has 96 valence electrons. The molecule has 1 heterocycles. The number of rotatable bonds is 4. The van der Waals surface area contributed by atoms with Gasteiger partial charge in [0.2, 0.25) is 0 Å². The summed E-state index contributed by atoms with van der Waals surface area (Å²) in [6.45, 7) is 6.73. The molecule has 2 aromatic rings. The summed E-state index contributed by atoms with van der Waals surface area (Å²) in [6, 6.07) is 8.18. The number of aryl methyl sites for hydroxylation is 1. The quantitative estimate of drug-likeness (QED) is 0.899. The monoisotopic (exact) mass is 244 g/mol. The van der Waals surface area contributed by atoms with E-state index >= 15 is 0 Å². The zero-order chi connectivity index (χ0) is 13.1. The van der Waals surface area contributed by atoms with Crippen molar-refractivity contribution < 1.29 is 4.74 Å². The van der Waals surface area contributed by atoms with Crippen LogP contribution in [0.25, 0.3) is 10.9 Å². The molecule has 0 saturated heterocycles. The molecule has 0 bridgehead atoms. The molecular weight excluding hydrogens is 224 g/mol. The van der Waals surface area contributed by atoms with Gasteiger partial charge in [0.05, 0.1) is 11.6 Å². The van der Waals surface area contributed by atoms with Crippen molar-refractivity contribution in [2.45, 2.75) is 33.3 Å². The Balaban J connectivity index is 2.44. The summed E-state index contributed by atoms with van der Waals surface area (Å²) in [6.07, 6.45) is 1.05. The summed E-state index contributed by atoms with van der Waals surface area (Å²) < 4.78 is 5.70. The molecule has 0 spiro atoms. The predicted octanol–water partition coefficient (Wildman–Crippen LogP) is 2.83. The van der Waals surface area contributed by atoms with Crippen molar-refractivity contribution in [3.63, 3.8) is 0 Å². The Morgan fingerprint density at radius 1 is 1.28 bits per heavy atom. The van der Waals surface area contributed by atoms with Crippen LogP contribution in [0.15, 0.2) is 24.3 Å². The van der Waals surface area contributed by atoms with E-state index in [4.69, 9.17) is 10.5 Å². The Bertz CT molecular complexity index is 549. The lowest BCUT2D eigenvalue weighted by atomic mass is 10.1. The molecule has 0 radical (unpaired) electrons. The number of fused-ring (bicyclic) bond motifs is 1. The lowest BCUT2D eigenvalue weighted by Crippen LogP contribution is -2.06. The van der Waals surface area contributed by atoms with Gasteiger partial charge in [0.15, 0.2) is 0 Å². The molecule has 1 aromatic heterocycles. The van der Waals surface area contributed by atoms with E-state index in [1.807, 2.05) is 39.0 Å². The first-order valence-electron chi connectivity index (χ1n) is 6.37. The van der Waals surface area contributed by atoms with Crippen molar-refractivity contribution in [1.82, 2.24) is 4.98 Å². The van der Waals surface area contributed by atoms with Gasteiger partial charge < -0.3 is 10.5 Å². The number of aromatic nitrogens is 1. The minimum Gasteiger partial charge on any atom is -0.491 e. The third-order valence-electron chi connectivity index (χ3n) is 2.87. The lowest BCUT2D eigenvalue weighted by molar-refractivity contribution is 0.243. The second-order valence-corrected chi connectivity index (χ2v) is 4.79. The Labute approximate surface area is 108 Å². The maximum Gasteiger partial charge on any atom is 0.120 e. The molecule has 0 fully saturated rings. The van der Waals surface area contributed by atoms with Crippen molar-refractivity contribution in [3.8, 4) is 5.75 Å². The van der Waals surface area contributed by atoms with E-state index in [1.165, 1.54) is 5.56 Å². The zero-order valence-electron chi connectivity index (χ0n) is 11.2. The van der Waals surface area contributed by atoms with E-state index in [0.717, 1.165) is 28.8 Å². The van der Waals surface area contributed by atoms with Crippen molar-refractivity contribution in [2.75, 3.05) is 6.54 Å². The summed E-state index contributed by atoms with van der Waals surface area (Å²) in [7, 11) is 0. The number of ether oxygens (including phenoxy) is 1. The number of hydrogen-bond acceptors (Lipinski definition) is 3. The van der Waals surface area contributed by atoms with Crippen LogP contribution in [-0.4, -0.2) is 17.6 Å². The molecule has 2 N–H and O–H groups in total. The molecule has 0 amide bonds. The van der Waals surface area contributed by atoms with Crippen LogP contribution < -0.4 is 10.5 Å². The Morgan fingerprint density at radius 2 is 2.06 bits per heavy atom. The molecule has 0 saturated carbocycles. The number of benzene rings is 1. The van der Waals surface area contributed by atoms with Gasteiger partial charge in [0.1, 0.15) is 5.75 Å². The third-order valence-corrected chi connectivity index (χ3v) is 2.87. The SMILES string of the molecule is Cc1nc2ccc(OC(C)C)cc2cc1CCN. The third kappa shape index (κ3) is 2.79.